The smallest absolute Gasteiger partial charge is 1.00 e. The molecule has 0 unspecified atom stereocenters. The number of halogens is 2. The van der Waals surface area contributed by atoms with E-state index in [1.54, 1.807) is 0 Å². The summed E-state index contributed by atoms with van der Waals surface area (Å²) in [6.45, 7) is 2.22. The van der Waals surface area contributed by atoms with Gasteiger partial charge in [-0.15, -0.1) is 33.7 Å². The Kier molecular flexibility index (Phi) is 7.40. The van der Waals surface area contributed by atoms with E-state index in [1.807, 2.05) is 0 Å². The zero-order valence-electron chi connectivity index (χ0n) is 12.9. The number of benzene rings is 2. The molecule has 1 radical (unpaired) electrons. The predicted molar refractivity (Wildman–Crippen MR) is 88.0 cm³/mol. The Morgan fingerprint density at radius 3 is 2.43 bits per heavy atom. The molecule has 3 aromatic rings. The van der Waals surface area contributed by atoms with Gasteiger partial charge in [-0.1, -0.05) is 72.2 Å². The van der Waals surface area contributed by atoms with Crippen molar-refractivity contribution >= 4 is 27.1 Å². The minimum Gasteiger partial charge on any atom is -1.00 e. The van der Waals surface area contributed by atoms with Crippen LogP contribution < -0.4 is 24.8 Å². The van der Waals surface area contributed by atoms with Crippen LogP contribution in [0.1, 0.15) is 25.3 Å². The van der Waals surface area contributed by atoms with Crippen LogP contribution in [0, 0.1) is 0 Å². The van der Waals surface area contributed by atoms with E-state index in [9.17, 15) is 0 Å². The first-order chi connectivity index (χ1) is 9.86. The minimum absolute atomic E-state index is 0. The van der Waals surface area contributed by atoms with Gasteiger partial charge in [-0.3, -0.25) is 0 Å². The summed E-state index contributed by atoms with van der Waals surface area (Å²) in [5.41, 5.74) is 4.33. The third kappa shape index (κ3) is 3.53. The number of rotatable bonds is 2. The van der Waals surface area contributed by atoms with Gasteiger partial charge in [0.2, 0.25) is 0 Å². The van der Waals surface area contributed by atoms with Gasteiger partial charge in [0.25, 0.3) is 0 Å². The molecule has 0 fully saturated rings. The van der Waals surface area contributed by atoms with E-state index < -0.39 is 0 Å². The van der Waals surface area contributed by atoms with Crippen molar-refractivity contribution in [2.75, 3.05) is 0 Å². The molecule has 3 aromatic carbocycles. The van der Waals surface area contributed by atoms with E-state index in [0.717, 1.165) is 12.8 Å². The van der Waals surface area contributed by atoms with Gasteiger partial charge in [0.1, 0.15) is 0 Å². The summed E-state index contributed by atoms with van der Waals surface area (Å²) in [6.07, 6.45) is 6.93. The Hall–Kier alpha value is -0.747. The molecule has 0 heterocycles. The molecule has 115 valence electrons. The zero-order valence-corrected chi connectivity index (χ0v) is 16.9. The van der Waals surface area contributed by atoms with Crippen molar-refractivity contribution in [2.45, 2.75) is 19.8 Å². The average molecular weight is 419 g/mol. The van der Waals surface area contributed by atoms with E-state index >= 15 is 0 Å². The summed E-state index contributed by atoms with van der Waals surface area (Å²) < 4.78 is 0. The SMILES string of the molecule is CCC1=CCC(c2cccc3c2[cH-]c2ccccc23)=C1.[Cl-].[Cl-].[Zr+3]. The number of allylic oxidation sites excluding steroid dienone is 4. The summed E-state index contributed by atoms with van der Waals surface area (Å²) in [6, 6.07) is 17.7. The van der Waals surface area contributed by atoms with Crippen molar-refractivity contribution in [2.24, 2.45) is 0 Å². The Bertz CT molecular complexity index is 872. The van der Waals surface area contributed by atoms with E-state index in [-0.39, 0.29) is 51.0 Å². The van der Waals surface area contributed by atoms with Gasteiger partial charge in [0.05, 0.1) is 0 Å². The fourth-order valence-electron chi connectivity index (χ4n) is 3.28. The molecule has 0 saturated heterocycles. The first kappa shape index (κ1) is 20.3. The third-order valence-corrected chi connectivity index (χ3v) is 4.35. The first-order valence-electron chi connectivity index (χ1n) is 7.34. The van der Waals surface area contributed by atoms with Crippen LogP contribution in [0.2, 0.25) is 0 Å². The average Bonchev–Trinajstić information content (AvgIpc) is 3.11. The van der Waals surface area contributed by atoms with Gasteiger partial charge >= 0.3 is 26.2 Å². The monoisotopic (exact) mass is 417 g/mol. The second-order valence-corrected chi connectivity index (χ2v) is 5.50. The summed E-state index contributed by atoms with van der Waals surface area (Å²) >= 11 is 0. The van der Waals surface area contributed by atoms with E-state index in [4.69, 9.17) is 0 Å². The Morgan fingerprint density at radius 1 is 0.957 bits per heavy atom. The fourth-order valence-corrected chi connectivity index (χ4v) is 3.28. The Morgan fingerprint density at radius 2 is 1.70 bits per heavy atom. The van der Waals surface area contributed by atoms with Crippen LogP contribution >= 0.6 is 0 Å². The molecule has 3 heteroatoms. The van der Waals surface area contributed by atoms with Crippen LogP contribution in [0.4, 0.5) is 0 Å². The van der Waals surface area contributed by atoms with Crippen LogP contribution in [0.3, 0.4) is 0 Å². The molecule has 1 aliphatic rings. The molecule has 0 aromatic heterocycles. The molecule has 0 bridgehead atoms. The van der Waals surface area contributed by atoms with Crippen LogP contribution in [0.5, 0.6) is 0 Å². The topological polar surface area (TPSA) is 0 Å². The van der Waals surface area contributed by atoms with Crippen LogP contribution in [0.25, 0.3) is 27.1 Å². The van der Waals surface area contributed by atoms with Crippen LogP contribution in [0.15, 0.2) is 66.3 Å². The maximum atomic E-state index is 2.37. The minimum atomic E-state index is 0. The van der Waals surface area contributed by atoms with Gasteiger partial charge < -0.3 is 24.8 Å². The molecule has 0 spiro atoms. The zero-order chi connectivity index (χ0) is 13.5. The maximum Gasteiger partial charge on any atom is 3.00 e. The molecule has 0 N–H and O–H groups in total. The van der Waals surface area contributed by atoms with Crippen molar-refractivity contribution in [3.63, 3.8) is 0 Å². The Labute approximate surface area is 169 Å². The summed E-state index contributed by atoms with van der Waals surface area (Å²) in [7, 11) is 0. The van der Waals surface area contributed by atoms with E-state index in [2.05, 4.69) is 67.6 Å². The quantitative estimate of drug-likeness (QED) is 0.507. The molecular formula is C20H17Cl2Zr. The number of hydrogen-bond acceptors (Lipinski definition) is 0. The molecule has 0 aliphatic heterocycles. The van der Waals surface area contributed by atoms with E-state index in [0.29, 0.717) is 0 Å². The van der Waals surface area contributed by atoms with Gasteiger partial charge in [-0.05, 0) is 12.8 Å². The van der Waals surface area contributed by atoms with Gasteiger partial charge in [0.15, 0.2) is 0 Å². The van der Waals surface area contributed by atoms with Crippen molar-refractivity contribution in [3.05, 3.63) is 71.8 Å². The van der Waals surface area contributed by atoms with Gasteiger partial charge in [0, 0.05) is 0 Å². The van der Waals surface area contributed by atoms with Crippen molar-refractivity contribution in [3.8, 4) is 0 Å². The molecule has 0 saturated carbocycles. The molecule has 4 rings (SSSR count). The summed E-state index contributed by atoms with van der Waals surface area (Å²) in [4.78, 5) is 0. The van der Waals surface area contributed by atoms with Crippen LogP contribution in [-0.4, -0.2) is 0 Å². The molecule has 0 nitrogen and oxygen atoms in total. The Balaban J connectivity index is 0.000000882. The predicted octanol–water partition coefficient (Wildman–Crippen LogP) is -0.159. The molecule has 0 atom stereocenters. The second-order valence-electron chi connectivity index (χ2n) is 5.50. The van der Waals surface area contributed by atoms with Crippen molar-refractivity contribution in [1.29, 1.82) is 0 Å². The fraction of sp³-hybridized carbons (Fsp3) is 0.150. The molecule has 1 aliphatic carbocycles. The molecule has 0 amide bonds. The third-order valence-electron chi connectivity index (χ3n) is 4.35. The van der Waals surface area contributed by atoms with Gasteiger partial charge in [-0.25, -0.2) is 0 Å². The summed E-state index contributed by atoms with van der Waals surface area (Å²) in [5, 5.41) is 5.48. The number of fused-ring (bicyclic) bond motifs is 3. The van der Waals surface area contributed by atoms with Crippen molar-refractivity contribution < 1.29 is 51.0 Å². The molecular weight excluding hydrogens is 402 g/mol. The van der Waals surface area contributed by atoms with Gasteiger partial charge in [-0.2, -0.15) is 0 Å². The molecule has 23 heavy (non-hydrogen) atoms. The standard InChI is InChI=1S/C20H17.2ClH.Zr/c1-2-14-10-11-16(12-14)18-8-5-9-19-17-7-4-3-6-15(17)13-20(18)19;;;/h3-10,12-13H,2,11H2,1H3;2*1H;/q-1;;;+3/p-2. The summed E-state index contributed by atoms with van der Waals surface area (Å²) in [5.74, 6) is 0. The second kappa shape index (κ2) is 8.38. The number of hydrogen-bond donors (Lipinski definition) is 0. The first-order valence-corrected chi connectivity index (χ1v) is 7.34. The normalized spacial score (nSPS) is 12.9. The van der Waals surface area contributed by atoms with Crippen molar-refractivity contribution in [1.82, 2.24) is 0 Å². The maximum absolute atomic E-state index is 2.37. The largest absolute Gasteiger partial charge is 3.00 e. The van der Waals surface area contributed by atoms with Crippen LogP contribution in [-0.2, 0) is 26.2 Å². The van der Waals surface area contributed by atoms with E-state index in [1.165, 1.54) is 38.3 Å².